The molecule has 4 heteroatoms. The van der Waals surface area contributed by atoms with Crippen LogP contribution < -0.4 is 15.4 Å². The Kier molecular flexibility index (Phi) is 7.23. The molecule has 1 aliphatic carbocycles. The van der Waals surface area contributed by atoms with E-state index in [2.05, 4.69) is 10.6 Å². The smallest absolute Gasteiger partial charge is 0.251 e. The summed E-state index contributed by atoms with van der Waals surface area (Å²) in [5.41, 5.74) is 0.689. The van der Waals surface area contributed by atoms with Crippen molar-refractivity contribution in [1.82, 2.24) is 10.6 Å². The Bertz CT molecular complexity index is 439. The lowest BCUT2D eigenvalue weighted by Crippen LogP contribution is -2.26. The lowest BCUT2D eigenvalue weighted by atomic mass is 9.90. The third-order valence-corrected chi connectivity index (χ3v) is 4.22. The van der Waals surface area contributed by atoms with Gasteiger partial charge in [0, 0.05) is 12.1 Å². The minimum atomic E-state index is -0.0186. The third kappa shape index (κ3) is 5.68. The molecule has 122 valence electrons. The maximum absolute atomic E-state index is 12.0. The van der Waals surface area contributed by atoms with Crippen LogP contribution in [0.3, 0.4) is 0 Å². The third-order valence-electron chi connectivity index (χ3n) is 4.22. The minimum Gasteiger partial charge on any atom is -0.493 e. The number of carbonyl (C=O) groups is 1. The lowest BCUT2D eigenvalue weighted by Gasteiger charge is -2.21. The first-order chi connectivity index (χ1) is 10.8. The molecular formula is C18H28N2O2. The van der Waals surface area contributed by atoms with E-state index >= 15 is 0 Å². The molecule has 4 nitrogen and oxygen atoms in total. The number of benzene rings is 1. The van der Waals surface area contributed by atoms with Crippen LogP contribution in [0, 0.1) is 5.92 Å². The van der Waals surface area contributed by atoms with Crippen molar-refractivity contribution in [2.75, 3.05) is 26.7 Å². The van der Waals surface area contributed by atoms with Gasteiger partial charge in [-0.3, -0.25) is 4.79 Å². The van der Waals surface area contributed by atoms with Crippen molar-refractivity contribution in [1.29, 1.82) is 0 Å². The number of rotatable bonds is 8. The monoisotopic (exact) mass is 304 g/mol. The maximum Gasteiger partial charge on any atom is 0.251 e. The molecular weight excluding hydrogens is 276 g/mol. The quantitative estimate of drug-likeness (QED) is 0.726. The number of hydrogen-bond donors (Lipinski definition) is 2. The molecule has 1 amide bonds. The van der Waals surface area contributed by atoms with E-state index in [4.69, 9.17) is 4.74 Å². The van der Waals surface area contributed by atoms with Crippen molar-refractivity contribution in [3.63, 3.8) is 0 Å². The molecule has 0 radical (unpaired) electrons. The Morgan fingerprint density at radius 3 is 2.55 bits per heavy atom. The fourth-order valence-electron chi connectivity index (χ4n) is 2.84. The number of amides is 1. The summed E-state index contributed by atoms with van der Waals surface area (Å²) < 4.78 is 5.85. The molecule has 0 unspecified atom stereocenters. The van der Waals surface area contributed by atoms with E-state index in [1.54, 1.807) is 0 Å². The second kappa shape index (κ2) is 9.46. The molecule has 1 aliphatic rings. The molecule has 22 heavy (non-hydrogen) atoms. The number of hydrogen-bond acceptors (Lipinski definition) is 3. The van der Waals surface area contributed by atoms with Gasteiger partial charge in [-0.25, -0.2) is 0 Å². The summed E-state index contributed by atoms with van der Waals surface area (Å²) in [6, 6.07) is 7.46. The van der Waals surface area contributed by atoms with Crippen molar-refractivity contribution in [3.05, 3.63) is 29.8 Å². The fourth-order valence-corrected chi connectivity index (χ4v) is 2.84. The summed E-state index contributed by atoms with van der Waals surface area (Å²) >= 11 is 0. The van der Waals surface area contributed by atoms with Crippen LogP contribution in [-0.4, -0.2) is 32.7 Å². The van der Waals surface area contributed by atoms with E-state index in [-0.39, 0.29) is 5.91 Å². The van der Waals surface area contributed by atoms with Crippen molar-refractivity contribution in [2.24, 2.45) is 5.92 Å². The van der Waals surface area contributed by atoms with Crippen LogP contribution in [0.4, 0.5) is 0 Å². The predicted octanol–water partition coefficient (Wildman–Crippen LogP) is 2.99. The molecule has 2 N–H and O–H groups in total. The number of ether oxygens (including phenoxy) is 1. The average Bonchev–Trinajstić information content (AvgIpc) is 2.58. The highest BCUT2D eigenvalue weighted by molar-refractivity contribution is 5.94. The normalized spacial score (nSPS) is 15.5. The van der Waals surface area contributed by atoms with E-state index in [0.717, 1.165) is 25.3 Å². The van der Waals surface area contributed by atoms with Gasteiger partial charge in [-0.15, -0.1) is 0 Å². The second-order valence-corrected chi connectivity index (χ2v) is 6.05. The van der Waals surface area contributed by atoms with Crippen LogP contribution in [-0.2, 0) is 0 Å². The largest absolute Gasteiger partial charge is 0.493 e. The Morgan fingerprint density at radius 2 is 1.86 bits per heavy atom. The van der Waals surface area contributed by atoms with Crippen LogP contribution >= 0.6 is 0 Å². The highest BCUT2D eigenvalue weighted by Crippen LogP contribution is 2.24. The predicted molar refractivity (Wildman–Crippen MR) is 89.4 cm³/mol. The Morgan fingerprint density at radius 1 is 1.14 bits per heavy atom. The summed E-state index contributed by atoms with van der Waals surface area (Å²) in [6.45, 7) is 2.41. The molecule has 1 fully saturated rings. The molecule has 1 aromatic carbocycles. The van der Waals surface area contributed by atoms with Gasteiger partial charge in [0.25, 0.3) is 5.91 Å². The summed E-state index contributed by atoms with van der Waals surface area (Å²) in [4.78, 5) is 12.0. The molecule has 0 spiro atoms. The van der Waals surface area contributed by atoms with E-state index in [0.29, 0.717) is 18.0 Å². The maximum atomic E-state index is 12.0. The lowest BCUT2D eigenvalue weighted by molar-refractivity contribution is 0.0953. The summed E-state index contributed by atoms with van der Waals surface area (Å²) in [7, 11) is 1.91. The van der Waals surface area contributed by atoms with E-state index in [1.165, 1.54) is 32.1 Å². The van der Waals surface area contributed by atoms with Crippen molar-refractivity contribution < 1.29 is 9.53 Å². The number of carbonyl (C=O) groups excluding carboxylic acids is 1. The zero-order valence-electron chi connectivity index (χ0n) is 13.6. The number of nitrogens with one attached hydrogen (secondary N) is 2. The van der Waals surface area contributed by atoms with Crippen LogP contribution in [0.2, 0.25) is 0 Å². The van der Waals surface area contributed by atoms with E-state index < -0.39 is 0 Å². The fraction of sp³-hybridized carbons (Fsp3) is 0.611. The van der Waals surface area contributed by atoms with Crippen LogP contribution in [0.25, 0.3) is 0 Å². The van der Waals surface area contributed by atoms with Crippen molar-refractivity contribution >= 4 is 5.91 Å². The standard InChI is InChI=1S/C18H28N2O2/c1-19-12-5-13-20-18(21)16-8-10-17(11-9-16)22-14-15-6-3-2-4-7-15/h8-11,15,19H,2-7,12-14H2,1H3,(H,20,21). The van der Waals surface area contributed by atoms with Gasteiger partial charge in [0.1, 0.15) is 5.75 Å². The highest BCUT2D eigenvalue weighted by Gasteiger charge is 2.14. The summed E-state index contributed by atoms with van der Waals surface area (Å²) in [5.74, 6) is 1.54. The average molecular weight is 304 g/mol. The highest BCUT2D eigenvalue weighted by atomic mass is 16.5. The van der Waals surface area contributed by atoms with Gasteiger partial charge in [-0.1, -0.05) is 19.3 Å². The molecule has 0 bridgehead atoms. The molecule has 0 atom stereocenters. The van der Waals surface area contributed by atoms with Gasteiger partial charge in [0.05, 0.1) is 6.61 Å². The Labute approximate surface area is 133 Å². The topological polar surface area (TPSA) is 50.4 Å². The molecule has 0 saturated heterocycles. The van der Waals surface area contributed by atoms with Gasteiger partial charge < -0.3 is 15.4 Å². The molecule has 1 aromatic rings. The van der Waals surface area contributed by atoms with Crippen molar-refractivity contribution in [2.45, 2.75) is 38.5 Å². The molecule has 1 saturated carbocycles. The van der Waals surface area contributed by atoms with Gasteiger partial charge in [-0.05, 0) is 63.0 Å². The first kappa shape index (κ1) is 16.8. The van der Waals surface area contributed by atoms with Crippen LogP contribution in [0.5, 0.6) is 5.75 Å². The summed E-state index contributed by atoms with van der Waals surface area (Å²) in [6.07, 6.45) is 7.54. The van der Waals surface area contributed by atoms with Gasteiger partial charge in [0.2, 0.25) is 0 Å². The SMILES string of the molecule is CNCCCNC(=O)c1ccc(OCC2CCCCC2)cc1. The van der Waals surface area contributed by atoms with Gasteiger partial charge in [-0.2, -0.15) is 0 Å². The Hall–Kier alpha value is -1.55. The van der Waals surface area contributed by atoms with Gasteiger partial charge in [0.15, 0.2) is 0 Å². The van der Waals surface area contributed by atoms with Gasteiger partial charge >= 0.3 is 0 Å². The van der Waals surface area contributed by atoms with Crippen LogP contribution in [0.15, 0.2) is 24.3 Å². The summed E-state index contributed by atoms with van der Waals surface area (Å²) in [5, 5.41) is 5.98. The molecule has 0 aliphatic heterocycles. The molecule has 0 heterocycles. The van der Waals surface area contributed by atoms with Crippen molar-refractivity contribution in [3.8, 4) is 5.75 Å². The Balaban J connectivity index is 1.73. The van der Waals surface area contributed by atoms with Crippen LogP contribution in [0.1, 0.15) is 48.9 Å². The zero-order valence-corrected chi connectivity index (χ0v) is 13.6. The first-order valence-electron chi connectivity index (χ1n) is 8.45. The molecule has 2 rings (SSSR count). The minimum absolute atomic E-state index is 0.0186. The molecule has 0 aromatic heterocycles. The first-order valence-corrected chi connectivity index (χ1v) is 8.45. The second-order valence-electron chi connectivity index (χ2n) is 6.05. The van der Waals surface area contributed by atoms with E-state index in [1.807, 2.05) is 31.3 Å². The van der Waals surface area contributed by atoms with E-state index in [9.17, 15) is 4.79 Å². The zero-order chi connectivity index (χ0) is 15.6.